The zero-order valence-electron chi connectivity index (χ0n) is 11.6. The van der Waals surface area contributed by atoms with Crippen LogP contribution in [0, 0.1) is 0 Å². The van der Waals surface area contributed by atoms with Gasteiger partial charge in [0.1, 0.15) is 5.58 Å². The molecule has 5 nitrogen and oxygen atoms in total. The predicted molar refractivity (Wildman–Crippen MR) is 85.4 cm³/mol. The number of nitrogens with zero attached hydrogens (tertiary/aromatic N) is 3. The topological polar surface area (TPSA) is 67.6 Å². The minimum absolute atomic E-state index is 0.639. The molecule has 6 heteroatoms. The van der Waals surface area contributed by atoms with E-state index in [0.29, 0.717) is 16.7 Å². The average molecular weight is 308 g/mol. The van der Waals surface area contributed by atoms with E-state index in [2.05, 4.69) is 20.2 Å². The molecular weight excluding hydrogens is 296 g/mol. The summed E-state index contributed by atoms with van der Waals surface area (Å²) in [5.41, 5.74) is 1.85. The lowest BCUT2D eigenvalue weighted by atomic mass is 10.2. The summed E-state index contributed by atoms with van der Waals surface area (Å²) in [7, 11) is 0. The highest BCUT2D eigenvalue weighted by Gasteiger charge is 2.11. The molecule has 0 spiro atoms. The van der Waals surface area contributed by atoms with Crippen molar-refractivity contribution in [1.82, 2.24) is 20.2 Å². The Morgan fingerprint density at radius 1 is 1.09 bits per heavy atom. The second kappa shape index (κ2) is 5.65. The van der Waals surface area contributed by atoms with Crippen LogP contribution < -0.4 is 0 Å². The molecular formula is C16H12N4OS. The summed E-state index contributed by atoms with van der Waals surface area (Å²) in [6.07, 6.45) is 1.79. The third-order valence-corrected chi connectivity index (χ3v) is 4.08. The Morgan fingerprint density at radius 3 is 2.86 bits per heavy atom. The van der Waals surface area contributed by atoms with E-state index >= 15 is 0 Å². The summed E-state index contributed by atoms with van der Waals surface area (Å²) in [6.45, 7) is 0. The van der Waals surface area contributed by atoms with Crippen LogP contribution in [0.3, 0.4) is 0 Å². The number of fused-ring (bicyclic) bond motifs is 1. The number of hydrogen-bond acceptors (Lipinski definition) is 5. The van der Waals surface area contributed by atoms with Crippen LogP contribution in [0.2, 0.25) is 0 Å². The average Bonchev–Trinajstić information content (AvgIpc) is 3.20. The van der Waals surface area contributed by atoms with Crippen molar-refractivity contribution in [2.24, 2.45) is 0 Å². The molecule has 0 saturated heterocycles. The van der Waals surface area contributed by atoms with Gasteiger partial charge in [-0.25, -0.2) is 0 Å². The summed E-state index contributed by atoms with van der Waals surface area (Å²) in [6, 6.07) is 15.7. The number of pyridine rings is 1. The maximum atomic E-state index is 5.77. The van der Waals surface area contributed by atoms with Crippen molar-refractivity contribution in [2.75, 3.05) is 0 Å². The quantitative estimate of drug-likeness (QED) is 0.579. The molecule has 0 amide bonds. The first-order valence-electron chi connectivity index (χ1n) is 6.82. The molecule has 1 aromatic carbocycles. The molecule has 0 fully saturated rings. The summed E-state index contributed by atoms with van der Waals surface area (Å²) in [4.78, 5) is 8.75. The number of para-hydroxylation sites is 1. The maximum Gasteiger partial charge on any atom is 0.209 e. The van der Waals surface area contributed by atoms with Gasteiger partial charge in [-0.2, -0.15) is 4.98 Å². The highest BCUT2D eigenvalue weighted by molar-refractivity contribution is 7.98. The van der Waals surface area contributed by atoms with Gasteiger partial charge in [0.15, 0.2) is 11.6 Å². The fourth-order valence-corrected chi connectivity index (χ4v) is 2.86. The first-order valence-corrected chi connectivity index (χ1v) is 7.81. The van der Waals surface area contributed by atoms with E-state index in [4.69, 9.17) is 4.42 Å². The molecule has 0 aliphatic carbocycles. The number of H-pyrrole nitrogens is 1. The van der Waals surface area contributed by atoms with E-state index in [-0.39, 0.29) is 0 Å². The number of rotatable bonds is 4. The van der Waals surface area contributed by atoms with Gasteiger partial charge < -0.3 is 4.42 Å². The van der Waals surface area contributed by atoms with Gasteiger partial charge in [-0.15, -0.1) is 5.10 Å². The zero-order valence-corrected chi connectivity index (χ0v) is 12.4. The number of nitrogens with one attached hydrogen (secondary N) is 1. The summed E-state index contributed by atoms with van der Waals surface area (Å²) >= 11 is 1.54. The van der Waals surface area contributed by atoms with Gasteiger partial charge in [0.2, 0.25) is 5.16 Å². The van der Waals surface area contributed by atoms with Crippen LogP contribution in [0.5, 0.6) is 0 Å². The molecule has 0 aliphatic heterocycles. The number of furan rings is 1. The molecule has 4 rings (SSSR count). The van der Waals surface area contributed by atoms with Crippen LogP contribution in [0.25, 0.3) is 22.6 Å². The summed E-state index contributed by atoms with van der Waals surface area (Å²) in [5.74, 6) is 2.07. The minimum Gasteiger partial charge on any atom is -0.453 e. The Hall–Kier alpha value is -2.60. The Morgan fingerprint density at radius 2 is 2.00 bits per heavy atom. The Labute approximate surface area is 130 Å². The lowest BCUT2D eigenvalue weighted by Gasteiger charge is -1.95. The first-order chi connectivity index (χ1) is 10.9. The van der Waals surface area contributed by atoms with Gasteiger partial charge in [0.25, 0.3) is 0 Å². The smallest absolute Gasteiger partial charge is 0.209 e. The van der Waals surface area contributed by atoms with Crippen molar-refractivity contribution >= 4 is 22.7 Å². The van der Waals surface area contributed by atoms with Gasteiger partial charge in [-0.3, -0.25) is 10.1 Å². The van der Waals surface area contributed by atoms with Crippen LogP contribution in [0.1, 0.15) is 5.69 Å². The molecule has 4 aromatic rings. The van der Waals surface area contributed by atoms with Crippen LogP contribution in [-0.4, -0.2) is 20.2 Å². The maximum absolute atomic E-state index is 5.77. The molecule has 0 radical (unpaired) electrons. The van der Waals surface area contributed by atoms with E-state index in [9.17, 15) is 0 Å². The van der Waals surface area contributed by atoms with Gasteiger partial charge in [0.05, 0.1) is 5.69 Å². The third-order valence-electron chi connectivity index (χ3n) is 3.20. The van der Waals surface area contributed by atoms with Crippen LogP contribution in [0.4, 0.5) is 0 Å². The first kappa shape index (κ1) is 13.1. The summed E-state index contributed by atoms with van der Waals surface area (Å²) < 4.78 is 5.77. The third kappa shape index (κ3) is 2.60. The Bertz CT molecular complexity index is 868. The lowest BCUT2D eigenvalue weighted by Crippen LogP contribution is -1.85. The highest BCUT2D eigenvalue weighted by atomic mass is 32.2. The van der Waals surface area contributed by atoms with Crippen molar-refractivity contribution in [3.05, 3.63) is 60.4 Å². The molecule has 0 bridgehead atoms. The second-order valence-corrected chi connectivity index (χ2v) is 5.67. The van der Waals surface area contributed by atoms with Gasteiger partial charge in [0, 0.05) is 17.3 Å². The number of thioether (sulfide) groups is 1. The van der Waals surface area contributed by atoms with E-state index in [0.717, 1.165) is 22.4 Å². The fraction of sp³-hybridized carbons (Fsp3) is 0.0625. The molecule has 3 heterocycles. The number of aromatic amines is 1. The van der Waals surface area contributed by atoms with E-state index in [1.807, 2.05) is 48.5 Å². The molecule has 0 aliphatic rings. The number of aromatic nitrogens is 4. The standard InChI is InChI=1S/C16H12N4OS/c1-2-7-13-11(5-1)9-14(21-13)15-18-16(20-19-15)22-10-12-6-3-4-8-17-12/h1-9H,10H2,(H,18,19,20). The van der Waals surface area contributed by atoms with E-state index in [1.54, 1.807) is 6.20 Å². The van der Waals surface area contributed by atoms with Crippen LogP contribution >= 0.6 is 11.8 Å². The van der Waals surface area contributed by atoms with E-state index in [1.165, 1.54) is 11.8 Å². The van der Waals surface area contributed by atoms with Crippen LogP contribution in [0.15, 0.2) is 64.3 Å². The Kier molecular flexibility index (Phi) is 3.36. The van der Waals surface area contributed by atoms with E-state index < -0.39 is 0 Å². The van der Waals surface area contributed by atoms with Gasteiger partial charge in [-0.05, 0) is 24.3 Å². The van der Waals surface area contributed by atoms with Crippen molar-refractivity contribution in [3.63, 3.8) is 0 Å². The fourth-order valence-electron chi connectivity index (χ4n) is 2.14. The lowest BCUT2D eigenvalue weighted by molar-refractivity contribution is 0.625. The Balaban J connectivity index is 1.53. The monoisotopic (exact) mass is 308 g/mol. The predicted octanol–water partition coefficient (Wildman–Crippen LogP) is 3.91. The zero-order chi connectivity index (χ0) is 14.8. The molecule has 3 aromatic heterocycles. The normalized spacial score (nSPS) is 11.1. The van der Waals surface area contributed by atoms with Gasteiger partial charge >= 0.3 is 0 Å². The second-order valence-electron chi connectivity index (χ2n) is 4.72. The van der Waals surface area contributed by atoms with Crippen molar-refractivity contribution in [2.45, 2.75) is 10.9 Å². The van der Waals surface area contributed by atoms with Crippen LogP contribution in [-0.2, 0) is 5.75 Å². The SMILES string of the molecule is c1ccc(CSc2n[nH]c(-c3cc4ccccc4o3)n2)nc1. The molecule has 0 unspecified atom stereocenters. The molecule has 22 heavy (non-hydrogen) atoms. The summed E-state index contributed by atoms with van der Waals surface area (Å²) in [5, 5.41) is 8.87. The molecule has 0 saturated carbocycles. The molecule has 0 atom stereocenters. The molecule has 1 N–H and O–H groups in total. The van der Waals surface area contributed by atoms with Crippen molar-refractivity contribution in [3.8, 4) is 11.6 Å². The minimum atomic E-state index is 0.639. The number of benzene rings is 1. The number of hydrogen-bond donors (Lipinski definition) is 1. The molecule has 108 valence electrons. The van der Waals surface area contributed by atoms with Crippen molar-refractivity contribution < 1.29 is 4.42 Å². The largest absolute Gasteiger partial charge is 0.453 e. The van der Waals surface area contributed by atoms with Gasteiger partial charge in [-0.1, -0.05) is 36.0 Å². The highest BCUT2D eigenvalue weighted by Crippen LogP contribution is 2.27. The van der Waals surface area contributed by atoms with Crippen molar-refractivity contribution in [1.29, 1.82) is 0 Å².